The van der Waals surface area contributed by atoms with Gasteiger partial charge in [0, 0.05) is 17.8 Å². The maximum absolute atomic E-state index is 10.2. The van der Waals surface area contributed by atoms with Crippen molar-refractivity contribution < 1.29 is 5.11 Å². The highest BCUT2D eigenvalue weighted by Crippen LogP contribution is 2.31. The molecule has 2 rings (SSSR count). The quantitative estimate of drug-likeness (QED) is 0.762. The van der Waals surface area contributed by atoms with E-state index in [1.54, 1.807) is 6.07 Å². The zero-order valence-electron chi connectivity index (χ0n) is 14.2. The van der Waals surface area contributed by atoms with Gasteiger partial charge in [0.2, 0.25) is 11.9 Å². The van der Waals surface area contributed by atoms with Crippen LogP contribution in [0.4, 0.5) is 5.69 Å². The Kier molecular flexibility index (Phi) is 4.79. The molecule has 126 valence electrons. The Morgan fingerprint density at radius 1 is 1.22 bits per heavy atom. The lowest BCUT2D eigenvalue weighted by molar-refractivity contribution is 0.291. The molecule has 0 fully saturated rings. The molecule has 0 aromatic heterocycles. The number of hydrogen-bond acceptors (Lipinski definition) is 7. The Labute approximate surface area is 137 Å². The monoisotopic (exact) mass is 318 g/mol. The van der Waals surface area contributed by atoms with Gasteiger partial charge in [-0.05, 0) is 45.1 Å². The van der Waals surface area contributed by atoms with Crippen LogP contribution in [-0.2, 0) is 6.54 Å². The van der Waals surface area contributed by atoms with Crippen LogP contribution in [0.25, 0.3) is 0 Å². The number of aromatic hydroxyl groups is 1. The minimum Gasteiger partial charge on any atom is -0.508 e. The van der Waals surface area contributed by atoms with Gasteiger partial charge in [0.05, 0.1) is 0 Å². The molecule has 0 atom stereocenters. The summed E-state index contributed by atoms with van der Waals surface area (Å²) < 4.78 is 0. The summed E-state index contributed by atoms with van der Waals surface area (Å²) in [7, 11) is 0. The summed E-state index contributed by atoms with van der Waals surface area (Å²) in [5.41, 5.74) is 12.8. The molecule has 1 aliphatic heterocycles. The SMILES string of the molecule is CCN(CC)Cc1cc(N2C(N)=NC(N)=NC2(C)C)ccc1O. The highest BCUT2D eigenvalue weighted by atomic mass is 16.3. The summed E-state index contributed by atoms with van der Waals surface area (Å²) >= 11 is 0. The molecule has 0 bridgehead atoms. The first-order chi connectivity index (χ1) is 10.8. The molecular weight excluding hydrogens is 292 g/mol. The molecule has 7 heteroatoms. The second-order valence-corrected chi connectivity index (χ2v) is 6.04. The summed E-state index contributed by atoms with van der Waals surface area (Å²) in [5, 5.41) is 10.2. The highest BCUT2D eigenvalue weighted by molar-refractivity contribution is 6.05. The van der Waals surface area contributed by atoms with Crippen molar-refractivity contribution >= 4 is 17.6 Å². The van der Waals surface area contributed by atoms with Gasteiger partial charge < -0.3 is 16.6 Å². The second kappa shape index (κ2) is 6.45. The first-order valence-corrected chi connectivity index (χ1v) is 7.82. The molecule has 1 aromatic carbocycles. The van der Waals surface area contributed by atoms with Crippen LogP contribution in [0, 0.1) is 0 Å². The standard InChI is InChI=1S/C16H26N6O/c1-5-21(6-2)10-11-9-12(7-8-13(11)23)22-15(18)19-14(17)20-16(22,3)4/h7-9,23H,5-6,10H2,1-4H3,(H4,17,18,19,20). The lowest BCUT2D eigenvalue weighted by atomic mass is 10.1. The van der Waals surface area contributed by atoms with Crippen LogP contribution < -0.4 is 16.4 Å². The van der Waals surface area contributed by atoms with E-state index in [0.717, 1.165) is 24.3 Å². The summed E-state index contributed by atoms with van der Waals surface area (Å²) in [5.74, 6) is 0.738. The largest absolute Gasteiger partial charge is 0.508 e. The van der Waals surface area contributed by atoms with E-state index in [2.05, 4.69) is 28.7 Å². The average molecular weight is 318 g/mol. The smallest absolute Gasteiger partial charge is 0.220 e. The van der Waals surface area contributed by atoms with Crippen LogP contribution in [0.3, 0.4) is 0 Å². The van der Waals surface area contributed by atoms with Crippen molar-refractivity contribution in [3.05, 3.63) is 23.8 Å². The maximum atomic E-state index is 10.2. The van der Waals surface area contributed by atoms with Gasteiger partial charge in [-0.25, -0.2) is 4.99 Å². The molecule has 0 saturated heterocycles. The van der Waals surface area contributed by atoms with Crippen LogP contribution in [0.5, 0.6) is 5.75 Å². The molecule has 0 aliphatic carbocycles. The number of hydrogen-bond donors (Lipinski definition) is 3. The molecule has 5 N–H and O–H groups in total. The van der Waals surface area contributed by atoms with Gasteiger partial charge in [0.15, 0.2) is 0 Å². The molecule has 7 nitrogen and oxygen atoms in total. The fourth-order valence-corrected chi connectivity index (χ4v) is 2.78. The average Bonchev–Trinajstić information content (AvgIpc) is 2.45. The van der Waals surface area contributed by atoms with E-state index in [-0.39, 0.29) is 11.7 Å². The summed E-state index contributed by atoms with van der Waals surface area (Å²) in [4.78, 5) is 12.4. The van der Waals surface area contributed by atoms with Gasteiger partial charge in [-0.3, -0.25) is 9.80 Å². The Morgan fingerprint density at radius 2 is 1.87 bits per heavy atom. The Morgan fingerprint density at radius 3 is 2.43 bits per heavy atom. The summed E-state index contributed by atoms with van der Waals surface area (Å²) in [6, 6.07) is 5.41. The number of guanidine groups is 2. The number of phenols is 1. The summed E-state index contributed by atoms with van der Waals surface area (Å²) in [6.45, 7) is 10.5. The molecule has 0 amide bonds. The second-order valence-electron chi connectivity index (χ2n) is 6.04. The van der Waals surface area contributed by atoms with Gasteiger partial charge in [0.25, 0.3) is 0 Å². The third-order valence-electron chi connectivity index (χ3n) is 4.00. The number of rotatable bonds is 5. The fourth-order valence-electron chi connectivity index (χ4n) is 2.78. The summed E-state index contributed by atoms with van der Waals surface area (Å²) in [6.07, 6.45) is 0. The first-order valence-electron chi connectivity index (χ1n) is 7.82. The van der Waals surface area contributed by atoms with Crippen LogP contribution >= 0.6 is 0 Å². The van der Waals surface area contributed by atoms with E-state index in [9.17, 15) is 5.11 Å². The van der Waals surface area contributed by atoms with E-state index in [0.29, 0.717) is 12.5 Å². The normalized spacial score (nSPS) is 17.2. The Bertz CT molecular complexity index is 633. The van der Waals surface area contributed by atoms with Crippen molar-refractivity contribution in [1.82, 2.24) is 4.90 Å². The van der Waals surface area contributed by atoms with Gasteiger partial charge in [0.1, 0.15) is 11.4 Å². The molecule has 1 aliphatic rings. The van der Waals surface area contributed by atoms with Crippen LogP contribution in [0.1, 0.15) is 33.3 Å². The maximum Gasteiger partial charge on any atom is 0.220 e. The Balaban J connectivity index is 2.39. The van der Waals surface area contributed by atoms with Crippen LogP contribution in [0.2, 0.25) is 0 Å². The molecule has 0 unspecified atom stereocenters. The zero-order valence-corrected chi connectivity index (χ0v) is 14.2. The number of benzene rings is 1. The van der Waals surface area contributed by atoms with E-state index < -0.39 is 5.66 Å². The predicted octanol–water partition coefficient (Wildman–Crippen LogP) is 1.42. The van der Waals surface area contributed by atoms with Crippen LogP contribution in [-0.4, -0.2) is 40.7 Å². The van der Waals surface area contributed by atoms with Crippen molar-refractivity contribution in [2.45, 2.75) is 39.9 Å². The van der Waals surface area contributed by atoms with Crippen molar-refractivity contribution in [2.75, 3.05) is 18.0 Å². The topological polar surface area (TPSA) is 103 Å². The highest BCUT2D eigenvalue weighted by Gasteiger charge is 2.33. The number of anilines is 1. The van der Waals surface area contributed by atoms with Crippen molar-refractivity contribution in [1.29, 1.82) is 0 Å². The number of aliphatic imine (C=N–C) groups is 2. The van der Waals surface area contributed by atoms with Gasteiger partial charge in [-0.2, -0.15) is 4.99 Å². The fraction of sp³-hybridized carbons (Fsp3) is 0.500. The van der Waals surface area contributed by atoms with E-state index in [1.807, 2.05) is 30.9 Å². The third-order valence-corrected chi connectivity index (χ3v) is 4.00. The number of nitrogens with two attached hydrogens (primary N) is 2. The van der Waals surface area contributed by atoms with Crippen molar-refractivity contribution in [2.24, 2.45) is 21.5 Å². The molecule has 0 spiro atoms. The lowest BCUT2D eigenvalue weighted by Gasteiger charge is -2.38. The molecule has 1 aromatic rings. The van der Waals surface area contributed by atoms with E-state index in [4.69, 9.17) is 11.5 Å². The molecule has 0 radical (unpaired) electrons. The van der Waals surface area contributed by atoms with Gasteiger partial charge in [-0.15, -0.1) is 0 Å². The lowest BCUT2D eigenvalue weighted by Crippen LogP contribution is -2.54. The molecular formula is C16H26N6O. The van der Waals surface area contributed by atoms with Crippen molar-refractivity contribution in [3.8, 4) is 5.75 Å². The molecule has 23 heavy (non-hydrogen) atoms. The minimum atomic E-state index is -0.640. The third kappa shape index (κ3) is 3.56. The first kappa shape index (κ1) is 17.1. The van der Waals surface area contributed by atoms with Gasteiger partial charge in [-0.1, -0.05) is 13.8 Å². The number of phenolic OH excluding ortho intramolecular Hbond substituents is 1. The molecule has 0 saturated carbocycles. The predicted molar refractivity (Wildman–Crippen MR) is 94.5 cm³/mol. The van der Waals surface area contributed by atoms with E-state index in [1.165, 1.54) is 0 Å². The van der Waals surface area contributed by atoms with Gasteiger partial charge >= 0.3 is 0 Å². The van der Waals surface area contributed by atoms with Crippen molar-refractivity contribution in [3.63, 3.8) is 0 Å². The zero-order chi connectivity index (χ0) is 17.2. The minimum absolute atomic E-state index is 0.172. The Hall–Kier alpha value is -2.28. The van der Waals surface area contributed by atoms with Crippen LogP contribution in [0.15, 0.2) is 28.2 Å². The molecule has 1 heterocycles. The number of nitrogens with zero attached hydrogens (tertiary/aromatic N) is 4. The van der Waals surface area contributed by atoms with E-state index >= 15 is 0 Å².